The SMILES string of the molecule is CC(C)(C)c1ncc(O)c(CC=O)n1. The normalized spacial score (nSPS) is 11.4. The van der Waals surface area contributed by atoms with Crippen LogP contribution in [0.3, 0.4) is 0 Å². The van der Waals surface area contributed by atoms with Gasteiger partial charge in [0.15, 0.2) is 5.75 Å². The van der Waals surface area contributed by atoms with E-state index in [2.05, 4.69) is 9.97 Å². The van der Waals surface area contributed by atoms with Crippen molar-refractivity contribution in [3.63, 3.8) is 0 Å². The highest BCUT2D eigenvalue weighted by Gasteiger charge is 2.18. The van der Waals surface area contributed by atoms with Crippen LogP contribution in [0.4, 0.5) is 0 Å². The van der Waals surface area contributed by atoms with Gasteiger partial charge in [0.25, 0.3) is 0 Å². The number of rotatable bonds is 2. The van der Waals surface area contributed by atoms with Crippen LogP contribution in [-0.2, 0) is 16.6 Å². The smallest absolute Gasteiger partial charge is 0.155 e. The molecular weight excluding hydrogens is 180 g/mol. The van der Waals surface area contributed by atoms with Gasteiger partial charge in [0.05, 0.1) is 11.9 Å². The zero-order valence-corrected chi connectivity index (χ0v) is 8.61. The van der Waals surface area contributed by atoms with E-state index in [0.29, 0.717) is 17.8 Å². The van der Waals surface area contributed by atoms with Gasteiger partial charge in [0.2, 0.25) is 0 Å². The Bertz CT molecular complexity index is 342. The van der Waals surface area contributed by atoms with E-state index >= 15 is 0 Å². The minimum absolute atomic E-state index is 0.0231. The third-order valence-corrected chi connectivity index (χ3v) is 1.79. The molecule has 0 fully saturated rings. The molecule has 0 unspecified atom stereocenters. The lowest BCUT2D eigenvalue weighted by molar-refractivity contribution is -0.107. The van der Waals surface area contributed by atoms with Crippen LogP contribution >= 0.6 is 0 Å². The van der Waals surface area contributed by atoms with E-state index < -0.39 is 0 Å². The van der Waals surface area contributed by atoms with Crippen molar-refractivity contribution < 1.29 is 9.90 Å². The first-order valence-corrected chi connectivity index (χ1v) is 4.44. The monoisotopic (exact) mass is 194 g/mol. The van der Waals surface area contributed by atoms with E-state index in [0.717, 1.165) is 0 Å². The molecule has 0 amide bonds. The van der Waals surface area contributed by atoms with E-state index in [1.54, 1.807) is 0 Å². The summed E-state index contributed by atoms with van der Waals surface area (Å²) in [6, 6.07) is 0. The highest BCUT2D eigenvalue weighted by molar-refractivity contribution is 5.55. The largest absolute Gasteiger partial charge is 0.504 e. The Morgan fingerprint density at radius 1 is 1.50 bits per heavy atom. The van der Waals surface area contributed by atoms with E-state index in [4.69, 9.17) is 0 Å². The van der Waals surface area contributed by atoms with Gasteiger partial charge in [-0.05, 0) is 0 Å². The topological polar surface area (TPSA) is 63.1 Å². The molecule has 1 heterocycles. The molecule has 0 saturated carbocycles. The fourth-order valence-electron chi connectivity index (χ4n) is 1.00. The summed E-state index contributed by atoms with van der Waals surface area (Å²) in [5, 5.41) is 9.35. The van der Waals surface area contributed by atoms with Crippen LogP contribution < -0.4 is 0 Å². The summed E-state index contributed by atoms with van der Waals surface area (Å²) >= 11 is 0. The summed E-state index contributed by atoms with van der Waals surface area (Å²) in [7, 11) is 0. The molecule has 14 heavy (non-hydrogen) atoms. The molecule has 1 aromatic rings. The maximum absolute atomic E-state index is 10.3. The average molecular weight is 194 g/mol. The number of carbonyl (C=O) groups excluding carboxylic acids is 1. The predicted molar refractivity (Wildman–Crippen MR) is 52.2 cm³/mol. The number of carbonyl (C=O) groups is 1. The lowest BCUT2D eigenvalue weighted by atomic mass is 9.95. The average Bonchev–Trinajstić information content (AvgIpc) is 2.07. The van der Waals surface area contributed by atoms with Crippen LogP contribution in [0.2, 0.25) is 0 Å². The molecule has 0 bridgehead atoms. The van der Waals surface area contributed by atoms with E-state index in [-0.39, 0.29) is 17.6 Å². The van der Waals surface area contributed by atoms with Gasteiger partial charge < -0.3 is 9.90 Å². The Morgan fingerprint density at radius 3 is 2.64 bits per heavy atom. The summed E-state index contributed by atoms with van der Waals surface area (Å²) in [6.45, 7) is 5.93. The van der Waals surface area contributed by atoms with Crippen LogP contribution in [0, 0.1) is 0 Å². The molecule has 0 radical (unpaired) electrons. The maximum atomic E-state index is 10.3. The number of nitrogens with zero attached hydrogens (tertiary/aromatic N) is 2. The summed E-state index contributed by atoms with van der Waals surface area (Å²) in [5.41, 5.74) is 0.214. The van der Waals surface area contributed by atoms with Crippen molar-refractivity contribution >= 4 is 6.29 Å². The first-order valence-electron chi connectivity index (χ1n) is 4.44. The van der Waals surface area contributed by atoms with Crippen LogP contribution in [-0.4, -0.2) is 21.4 Å². The highest BCUT2D eigenvalue weighted by atomic mass is 16.3. The standard InChI is InChI=1S/C10H14N2O2/c1-10(2,3)9-11-6-8(14)7(12-9)4-5-13/h5-6,14H,4H2,1-3H3. The van der Waals surface area contributed by atoms with Gasteiger partial charge in [0, 0.05) is 11.8 Å². The molecule has 1 N–H and O–H groups in total. The van der Waals surface area contributed by atoms with Gasteiger partial charge in [-0.15, -0.1) is 0 Å². The Morgan fingerprint density at radius 2 is 2.14 bits per heavy atom. The third-order valence-electron chi connectivity index (χ3n) is 1.79. The van der Waals surface area contributed by atoms with Crippen molar-refractivity contribution in [1.29, 1.82) is 0 Å². The van der Waals surface area contributed by atoms with Gasteiger partial charge in [-0.3, -0.25) is 0 Å². The molecule has 0 spiro atoms. The second-order valence-electron chi connectivity index (χ2n) is 4.15. The Hall–Kier alpha value is -1.45. The Labute approximate surface area is 83.0 Å². The molecule has 0 aliphatic carbocycles. The third kappa shape index (κ3) is 2.28. The van der Waals surface area contributed by atoms with Crippen molar-refractivity contribution in [2.45, 2.75) is 32.6 Å². The van der Waals surface area contributed by atoms with Gasteiger partial charge in [-0.25, -0.2) is 9.97 Å². The second-order valence-corrected chi connectivity index (χ2v) is 4.15. The predicted octanol–water partition coefficient (Wildman–Crippen LogP) is 1.22. The van der Waals surface area contributed by atoms with Gasteiger partial charge in [-0.1, -0.05) is 20.8 Å². The first kappa shape index (κ1) is 10.6. The maximum Gasteiger partial charge on any atom is 0.155 e. The van der Waals surface area contributed by atoms with Crippen molar-refractivity contribution in [2.24, 2.45) is 0 Å². The van der Waals surface area contributed by atoms with Crippen molar-refractivity contribution in [3.05, 3.63) is 17.7 Å². The molecule has 0 atom stereocenters. The Balaban J connectivity index is 3.12. The van der Waals surface area contributed by atoms with E-state index in [1.807, 2.05) is 20.8 Å². The minimum atomic E-state index is -0.175. The van der Waals surface area contributed by atoms with Crippen molar-refractivity contribution in [3.8, 4) is 5.75 Å². The summed E-state index contributed by atoms with van der Waals surface area (Å²) < 4.78 is 0. The lowest BCUT2D eigenvalue weighted by Crippen LogP contribution is -2.16. The van der Waals surface area contributed by atoms with E-state index in [1.165, 1.54) is 6.20 Å². The fraction of sp³-hybridized carbons (Fsp3) is 0.500. The zero-order chi connectivity index (χ0) is 10.8. The van der Waals surface area contributed by atoms with Gasteiger partial charge in [0.1, 0.15) is 12.1 Å². The lowest BCUT2D eigenvalue weighted by Gasteiger charge is -2.16. The molecular formula is C10H14N2O2. The highest BCUT2D eigenvalue weighted by Crippen LogP contribution is 2.21. The van der Waals surface area contributed by atoms with Crippen molar-refractivity contribution in [2.75, 3.05) is 0 Å². The summed E-state index contributed by atoms with van der Waals surface area (Å²) in [6.07, 6.45) is 2.18. The van der Waals surface area contributed by atoms with Crippen molar-refractivity contribution in [1.82, 2.24) is 9.97 Å². The molecule has 1 rings (SSSR count). The Kier molecular flexibility index (Phi) is 2.84. The zero-order valence-electron chi connectivity index (χ0n) is 8.61. The number of hydrogen-bond acceptors (Lipinski definition) is 4. The molecule has 4 heteroatoms. The number of hydrogen-bond donors (Lipinski definition) is 1. The molecule has 0 aliphatic heterocycles. The fourth-order valence-corrected chi connectivity index (χ4v) is 1.00. The molecule has 0 aliphatic rings. The molecule has 4 nitrogen and oxygen atoms in total. The van der Waals surface area contributed by atoms with Crippen LogP contribution in [0.25, 0.3) is 0 Å². The van der Waals surface area contributed by atoms with Crippen LogP contribution in [0.5, 0.6) is 5.75 Å². The first-order chi connectivity index (χ1) is 6.45. The number of aromatic hydroxyl groups is 1. The molecule has 0 aromatic carbocycles. The van der Waals surface area contributed by atoms with Crippen LogP contribution in [0.15, 0.2) is 6.20 Å². The van der Waals surface area contributed by atoms with Gasteiger partial charge >= 0.3 is 0 Å². The minimum Gasteiger partial charge on any atom is -0.504 e. The summed E-state index contributed by atoms with van der Waals surface area (Å²) in [5.74, 6) is 0.609. The van der Waals surface area contributed by atoms with Crippen LogP contribution in [0.1, 0.15) is 32.3 Å². The van der Waals surface area contributed by atoms with E-state index in [9.17, 15) is 9.90 Å². The quantitative estimate of drug-likeness (QED) is 0.719. The summed E-state index contributed by atoms with van der Waals surface area (Å²) in [4.78, 5) is 18.5. The molecule has 76 valence electrons. The van der Waals surface area contributed by atoms with Gasteiger partial charge in [-0.2, -0.15) is 0 Å². The number of aldehydes is 1. The number of aromatic nitrogens is 2. The second kappa shape index (κ2) is 3.74. The molecule has 1 aromatic heterocycles. The molecule has 0 saturated heterocycles.